The zero-order chi connectivity index (χ0) is 29.4. The van der Waals surface area contributed by atoms with Gasteiger partial charge in [0.05, 0.1) is 19.4 Å². The lowest BCUT2D eigenvalue weighted by atomic mass is 9.95. The van der Waals surface area contributed by atoms with E-state index in [0.717, 1.165) is 0 Å². The molecule has 0 unspecified atom stereocenters. The zero-order valence-electron chi connectivity index (χ0n) is 23.9. The maximum absolute atomic E-state index is 14.1. The molecule has 2 aromatic heterocycles. The highest BCUT2D eigenvalue weighted by atomic mass is 16.4. The van der Waals surface area contributed by atoms with Gasteiger partial charge >= 0.3 is 6.09 Å². The van der Waals surface area contributed by atoms with Gasteiger partial charge in [0.15, 0.2) is 0 Å². The maximum Gasteiger partial charge on any atom is 0.404 e. The first-order chi connectivity index (χ1) is 18.1. The number of furan rings is 1. The normalized spacial score (nSPS) is 12.6. The number of aromatic nitrogens is 2. The molecule has 2 rings (SSSR count). The van der Waals surface area contributed by atoms with E-state index in [9.17, 15) is 24.6 Å². The van der Waals surface area contributed by atoms with Crippen molar-refractivity contribution in [2.45, 2.75) is 66.5 Å². The van der Waals surface area contributed by atoms with Crippen molar-refractivity contribution in [3.63, 3.8) is 0 Å². The van der Waals surface area contributed by atoms with Gasteiger partial charge in [-0.05, 0) is 18.1 Å². The molecule has 5 N–H and O–H groups in total. The lowest BCUT2D eigenvalue weighted by Gasteiger charge is -2.33. The van der Waals surface area contributed by atoms with Gasteiger partial charge in [-0.2, -0.15) is 0 Å². The quantitative estimate of drug-likeness (QED) is 0.253. The van der Waals surface area contributed by atoms with Crippen LogP contribution in [0, 0.1) is 11.3 Å². The summed E-state index contributed by atoms with van der Waals surface area (Å²) in [5.41, 5.74) is -0.861. The minimum Gasteiger partial charge on any atom is -0.467 e. The van der Waals surface area contributed by atoms with Crippen molar-refractivity contribution < 1.29 is 29.0 Å². The Morgan fingerprint density at radius 2 is 1.82 bits per heavy atom. The second-order valence-corrected chi connectivity index (χ2v) is 11.7. The molecule has 0 aliphatic rings. The highest BCUT2D eigenvalue weighted by molar-refractivity contribution is 6.01. The molecule has 0 saturated heterocycles. The number of aliphatic hydroxyl groups is 1. The van der Waals surface area contributed by atoms with E-state index in [1.165, 1.54) is 11.1 Å². The van der Waals surface area contributed by atoms with E-state index >= 15 is 0 Å². The number of carboxylic acid groups (broad SMARTS) is 1. The topological polar surface area (TPSA) is 170 Å². The Morgan fingerprint density at radius 3 is 2.36 bits per heavy atom. The molecule has 0 radical (unpaired) electrons. The highest BCUT2D eigenvalue weighted by Crippen LogP contribution is 2.24. The molecular weight excluding hydrogens is 504 g/mol. The van der Waals surface area contributed by atoms with Crippen LogP contribution in [0.2, 0.25) is 0 Å². The summed E-state index contributed by atoms with van der Waals surface area (Å²) >= 11 is 0. The van der Waals surface area contributed by atoms with Crippen molar-refractivity contribution >= 4 is 23.7 Å². The van der Waals surface area contributed by atoms with Crippen LogP contribution in [-0.2, 0) is 16.8 Å². The summed E-state index contributed by atoms with van der Waals surface area (Å²) in [6.07, 6.45) is 1.66. The number of amides is 3. The van der Waals surface area contributed by atoms with E-state index in [1.807, 2.05) is 34.6 Å². The third-order valence-electron chi connectivity index (χ3n) is 5.82. The van der Waals surface area contributed by atoms with Crippen LogP contribution in [-0.4, -0.2) is 75.3 Å². The van der Waals surface area contributed by atoms with Crippen LogP contribution >= 0.6 is 0 Å². The Hall–Kier alpha value is -3.67. The molecule has 216 valence electrons. The van der Waals surface area contributed by atoms with Crippen LogP contribution in [0.15, 0.2) is 29.0 Å². The summed E-state index contributed by atoms with van der Waals surface area (Å²) in [7, 11) is 0. The molecule has 0 aliphatic carbocycles. The van der Waals surface area contributed by atoms with E-state index in [4.69, 9.17) is 4.42 Å². The second kappa shape index (κ2) is 13.4. The average Bonchev–Trinajstić information content (AvgIpc) is 3.38. The van der Waals surface area contributed by atoms with E-state index < -0.39 is 34.8 Å². The van der Waals surface area contributed by atoms with Crippen molar-refractivity contribution in [2.75, 3.05) is 31.6 Å². The first-order valence-electron chi connectivity index (χ1n) is 12.9. The number of anilines is 1. The van der Waals surface area contributed by atoms with Gasteiger partial charge in [-0.15, -0.1) is 0 Å². The van der Waals surface area contributed by atoms with Crippen LogP contribution in [0.5, 0.6) is 0 Å². The molecule has 2 heterocycles. The smallest absolute Gasteiger partial charge is 0.404 e. The molecule has 12 nitrogen and oxygen atoms in total. The maximum atomic E-state index is 14.1. The average molecular weight is 547 g/mol. The lowest BCUT2D eigenvalue weighted by molar-refractivity contribution is -0.126. The predicted octanol–water partition coefficient (Wildman–Crippen LogP) is 2.85. The summed E-state index contributed by atoms with van der Waals surface area (Å²) in [4.78, 5) is 49.2. The number of carbonyl (C=O) groups excluding carboxylic acids is 2. The minimum atomic E-state index is -1.32. The Morgan fingerprint density at radius 1 is 1.13 bits per heavy atom. The Labute approximate surface area is 229 Å². The van der Waals surface area contributed by atoms with Crippen LogP contribution in [0.4, 0.5) is 10.6 Å². The summed E-state index contributed by atoms with van der Waals surface area (Å²) < 4.78 is 5.40. The fourth-order valence-electron chi connectivity index (χ4n) is 3.55. The predicted molar refractivity (Wildman–Crippen MR) is 146 cm³/mol. The molecule has 0 spiro atoms. The summed E-state index contributed by atoms with van der Waals surface area (Å²) in [5.74, 6) is 0.313. The van der Waals surface area contributed by atoms with Crippen molar-refractivity contribution in [2.24, 2.45) is 11.3 Å². The molecular formula is C27H42N6O6. The second-order valence-electron chi connectivity index (χ2n) is 11.7. The van der Waals surface area contributed by atoms with Crippen molar-refractivity contribution in [1.29, 1.82) is 0 Å². The highest BCUT2D eigenvalue weighted by Gasteiger charge is 2.34. The van der Waals surface area contributed by atoms with Gasteiger partial charge in [-0.25, -0.2) is 14.8 Å². The molecule has 0 saturated carbocycles. The summed E-state index contributed by atoms with van der Waals surface area (Å²) in [5, 5.41) is 27.0. The number of aliphatic hydroxyl groups excluding tert-OH is 1. The molecule has 0 aliphatic heterocycles. The van der Waals surface area contributed by atoms with E-state index in [-0.39, 0.29) is 50.1 Å². The third kappa shape index (κ3) is 9.54. The van der Waals surface area contributed by atoms with Crippen LogP contribution in [0.3, 0.4) is 0 Å². The SMILES string of the molecule is CC(C)CN(C(=O)c1cnc(C(C)(C)C)nc1NCc1ccco1)[C@@H](CNC(=O)O)C(=O)NCC(C)(C)CO. The van der Waals surface area contributed by atoms with Crippen molar-refractivity contribution in [3.05, 3.63) is 41.7 Å². The van der Waals surface area contributed by atoms with Gasteiger partial charge in [-0.3, -0.25) is 9.59 Å². The molecule has 0 fully saturated rings. The summed E-state index contributed by atoms with van der Waals surface area (Å²) in [6.45, 7) is 13.3. The van der Waals surface area contributed by atoms with E-state index in [0.29, 0.717) is 11.6 Å². The van der Waals surface area contributed by atoms with Crippen molar-refractivity contribution in [3.8, 4) is 0 Å². The molecule has 2 aromatic rings. The Bertz CT molecular complexity index is 1110. The van der Waals surface area contributed by atoms with Gasteiger partial charge in [0, 0.05) is 36.7 Å². The number of rotatable bonds is 13. The first kappa shape index (κ1) is 31.5. The Kier molecular flexibility index (Phi) is 10.8. The molecule has 1 atom stereocenters. The summed E-state index contributed by atoms with van der Waals surface area (Å²) in [6, 6.07) is 2.38. The lowest BCUT2D eigenvalue weighted by Crippen LogP contribution is -2.56. The van der Waals surface area contributed by atoms with Crippen LogP contribution in [0.25, 0.3) is 0 Å². The number of hydrogen-bond acceptors (Lipinski definition) is 8. The number of hydrogen-bond donors (Lipinski definition) is 5. The fraction of sp³-hybridized carbons (Fsp3) is 0.593. The number of nitrogens with one attached hydrogen (secondary N) is 3. The third-order valence-corrected chi connectivity index (χ3v) is 5.82. The van der Waals surface area contributed by atoms with Gasteiger partial charge in [-0.1, -0.05) is 48.5 Å². The molecule has 12 heteroatoms. The van der Waals surface area contributed by atoms with Gasteiger partial charge < -0.3 is 35.5 Å². The van der Waals surface area contributed by atoms with Gasteiger partial charge in [0.25, 0.3) is 5.91 Å². The first-order valence-corrected chi connectivity index (χ1v) is 12.9. The van der Waals surface area contributed by atoms with Crippen molar-refractivity contribution in [1.82, 2.24) is 25.5 Å². The van der Waals surface area contributed by atoms with Crippen LogP contribution < -0.4 is 16.0 Å². The van der Waals surface area contributed by atoms with E-state index in [1.54, 1.807) is 32.2 Å². The van der Waals surface area contributed by atoms with Gasteiger partial charge in [0.2, 0.25) is 5.91 Å². The van der Waals surface area contributed by atoms with E-state index in [2.05, 4.69) is 25.9 Å². The molecule has 3 amide bonds. The minimum absolute atomic E-state index is 0.0442. The largest absolute Gasteiger partial charge is 0.467 e. The Balaban J connectivity index is 2.51. The number of nitrogens with zero attached hydrogens (tertiary/aromatic N) is 3. The van der Waals surface area contributed by atoms with Gasteiger partial charge in [0.1, 0.15) is 29.0 Å². The molecule has 39 heavy (non-hydrogen) atoms. The number of carbonyl (C=O) groups is 3. The zero-order valence-corrected chi connectivity index (χ0v) is 23.9. The fourth-order valence-corrected chi connectivity index (χ4v) is 3.55. The van der Waals surface area contributed by atoms with Crippen LogP contribution in [0.1, 0.15) is 70.4 Å². The standard InChI is InChI=1S/C27H42N6O6/c1-17(2)14-33(20(13-30-25(37)38)22(35)31-15-27(6,7)16-34)23(36)19-12-29-24(26(3,4)5)32-21(19)28-11-18-9-8-10-39-18/h8-10,12,17,20,30,34H,11,13-16H2,1-7H3,(H,31,35)(H,37,38)(H,28,29,32)/t20-/m0/s1. The monoisotopic (exact) mass is 546 g/mol. The molecule has 0 aromatic carbocycles. The molecule has 0 bridgehead atoms.